The van der Waals surface area contributed by atoms with Crippen molar-refractivity contribution in [3.63, 3.8) is 0 Å². The van der Waals surface area contributed by atoms with E-state index in [1.54, 1.807) is 0 Å². The van der Waals surface area contributed by atoms with Crippen LogP contribution in [-0.4, -0.2) is 55.6 Å². The van der Waals surface area contributed by atoms with Crippen molar-refractivity contribution in [1.82, 2.24) is 9.80 Å². The lowest BCUT2D eigenvalue weighted by Crippen LogP contribution is -2.49. The van der Waals surface area contributed by atoms with Crippen LogP contribution in [0.3, 0.4) is 0 Å². The summed E-state index contributed by atoms with van der Waals surface area (Å²) in [5.41, 5.74) is 9.03. The molecular formula is C15H25N3. The highest BCUT2D eigenvalue weighted by atomic mass is 15.2. The second kappa shape index (κ2) is 6.32. The number of hydrogen-bond donors (Lipinski definition) is 1. The Bertz CT molecular complexity index is 370. The molecule has 2 rings (SSSR count). The van der Waals surface area contributed by atoms with E-state index in [2.05, 4.69) is 48.0 Å². The second-order valence-corrected chi connectivity index (χ2v) is 5.49. The SMILES string of the molecule is Cc1ccccc1CC(N)CN1CCN(C)CC1. The molecule has 1 saturated heterocycles. The first-order valence-corrected chi connectivity index (χ1v) is 6.86. The molecule has 100 valence electrons. The first-order chi connectivity index (χ1) is 8.65. The number of likely N-dealkylation sites (N-methyl/N-ethyl adjacent to an activating group) is 1. The minimum atomic E-state index is 0.245. The van der Waals surface area contributed by atoms with Gasteiger partial charge in [-0.2, -0.15) is 0 Å². The molecule has 3 nitrogen and oxygen atoms in total. The summed E-state index contributed by atoms with van der Waals surface area (Å²) >= 11 is 0. The highest BCUT2D eigenvalue weighted by Crippen LogP contribution is 2.10. The standard InChI is InChI=1S/C15H25N3/c1-13-5-3-4-6-14(13)11-15(16)12-18-9-7-17(2)8-10-18/h3-6,15H,7-12,16H2,1-2H3. The summed E-state index contributed by atoms with van der Waals surface area (Å²) in [5.74, 6) is 0. The fourth-order valence-corrected chi connectivity index (χ4v) is 2.55. The van der Waals surface area contributed by atoms with Crippen molar-refractivity contribution in [3.05, 3.63) is 35.4 Å². The van der Waals surface area contributed by atoms with E-state index >= 15 is 0 Å². The lowest BCUT2D eigenvalue weighted by atomic mass is 10.0. The Balaban J connectivity index is 1.82. The van der Waals surface area contributed by atoms with E-state index in [4.69, 9.17) is 5.73 Å². The molecule has 0 radical (unpaired) electrons. The van der Waals surface area contributed by atoms with Crippen LogP contribution in [0.5, 0.6) is 0 Å². The van der Waals surface area contributed by atoms with Gasteiger partial charge in [0.25, 0.3) is 0 Å². The Hall–Kier alpha value is -0.900. The average Bonchev–Trinajstić information content (AvgIpc) is 2.35. The summed E-state index contributed by atoms with van der Waals surface area (Å²) < 4.78 is 0. The minimum absolute atomic E-state index is 0.245. The van der Waals surface area contributed by atoms with Crippen LogP contribution in [0.15, 0.2) is 24.3 Å². The van der Waals surface area contributed by atoms with Crippen LogP contribution in [0.4, 0.5) is 0 Å². The molecule has 1 unspecified atom stereocenters. The van der Waals surface area contributed by atoms with Crippen molar-refractivity contribution >= 4 is 0 Å². The maximum absolute atomic E-state index is 6.28. The second-order valence-electron chi connectivity index (χ2n) is 5.49. The molecule has 18 heavy (non-hydrogen) atoms. The van der Waals surface area contributed by atoms with E-state index in [-0.39, 0.29) is 6.04 Å². The number of aryl methyl sites for hydroxylation is 1. The van der Waals surface area contributed by atoms with Crippen molar-refractivity contribution < 1.29 is 0 Å². The normalized spacial score (nSPS) is 19.9. The molecule has 1 aliphatic rings. The smallest absolute Gasteiger partial charge is 0.0208 e. The third kappa shape index (κ3) is 3.80. The molecule has 1 aromatic rings. The Morgan fingerprint density at radius 3 is 2.50 bits per heavy atom. The number of nitrogens with zero attached hydrogens (tertiary/aromatic N) is 2. The van der Waals surface area contributed by atoms with Crippen LogP contribution in [0.1, 0.15) is 11.1 Å². The first kappa shape index (κ1) is 13.5. The largest absolute Gasteiger partial charge is 0.326 e. The van der Waals surface area contributed by atoms with Gasteiger partial charge in [0.15, 0.2) is 0 Å². The van der Waals surface area contributed by atoms with Gasteiger partial charge < -0.3 is 10.6 Å². The molecule has 3 heteroatoms. The zero-order valence-corrected chi connectivity index (χ0v) is 11.6. The van der Waals surface area contributed by atoms with Gasteiger partial charge in [0, 0.05) is 38.8 Å². The highest BCUT2D eigenvalue weighted by molar-refractivity contribution is 5.26. The minimum Gasteiger partial charge on any atom is -0.326 e. The molecule has 1 fully saturated rings. The summed E-state index contributed by atoms with van der Waals surface area (Å²) in [6.45, 7) is 7.81. The third-order valence-corrected chi connectivity index (χ3v) is 3.83. The van der Waals surface area contributed by atoms with E-state index in [0.29, 0.717) is 0 Å². The van der Waals surface area contributed by atoms with Crippen molar-refractivity contribution in [1.29, 1.82) is 0 Å². The van der Waals surface area contributed by atoms with E-state index in [1.807, 2.05) is 0 Å². The molecule has 1 aromatic carbocycles. The fourth-order valence-electron chi connectivity index (χ4n) is 2.55. The van der Waals surface area contributed by atoms with Crippen LogP contribution < -0.4 is 5.73 Å². The van der Waals surface area contributed by atoms with Gasteiger partial charge >= 0.3 is 0 Å². The van der Waals surface area contributed by atoms with Crippen molar-refractivity contribution in [2.45, 2.75) is 19.4 Å². The van der Waals surface area contributed by atoms with E-state index in [1.165, 1.54) is 11.1 Å². The first-order valence-electron chi connectivity index (χ1n) is 6.86. The number of hydrogen-bond acceptors (Lipinski definition) is 3. The molecule has 2 N–H and O–H groups in total. The Kier molecular flexibility index (Phi) is 4.75. The predicted molar refractivity (Wildman–Crippen MR) is 76.8 cm³/mol. The van der Waals surface area contributed by atoms with Crippen molar-refractivity contribution in [2.24, 2.45) is 5.73 Å². The number of rotatable bonds is 4. The van der Waals surface area contributed by atoms with Gasteiger partial charge in [0.05, 0.1) is 0 Å². The Labute approximate surface area is 111 Å². The molecule has 0 bridgehead atoms. The van der Waals surface area contributed by atoms with Crippen LogP contribution in [-0.2, 0) is 6.42 Å². The van der Waals surface area contributed by atoms with E-state index < -0.39 is 0 Å². The van der Waals surface area contributed by atoms with Crippen LogP contribution in [0.2, 0.25) is 0 Å². The van der Waals surface area contributed by atoms with Crippen LogP contribution >= 0.6 is 0 Å². The van der Waals surface area contributed by atoms with Gasteiger partial charge in [0.1, 0.15) is 0 Å². The summed E-state index contributed by atoms with van der Waals surface area (Å²) in [4.78, 5) is 4.87. The van der Waals surface area contributed by atoms with Crippen LogP contribution in [0, 0.1) is 6.92 Å². The molecule has 0 saturated carbocycles. The summed E-state index contributed by atoms with van der Waals surface area (Å²) in [6.07, 6.45) is 0.985. The maximum atomic E-state index is 6.28. The van der Waals surface area contributed by atoms with Gasteiger partial charge in [-0.1, -0.05) is 24.3 Å². The van der Waals surface area contributed by atoms with E-state index in [9.17, 15) is 0 Å². The average molecular weight is 247 g/mol. The number of benzene rings is 1. The van der Waals surface area contributed by atoms with E-state index in [0.717, 1.165) is 39.1 Å². The van der Waals surface area contributed by atoms with Gasteiger partial charge in [-0.05, 0) is 31.5 Å². The molecular weight excluding hydrogens is 222 g/mol. The fraction of sp³-hybridized carbons (Fsp3) is 0.600. The molecule has 1 atom stereocenters. The molecule has 0 aliphatic carbocycles. The molecule has 1 heterocycles. The number of nitrogens with two attached hydrogens (primary N) is 1. The third-order valence-electron chi connectivity index (χ3n) is 3.83. The van der Waals surface area contributed by atoms with Crippen LogP contribution in [0.25, 0.3) is 0 Å². The maximum Gasteiger partial charge on any atom is 0.0208 e. The molecule has 0 amide bonds. The summed E-state index contributed by atoms with van der Waals surface area (Å²) in [5, 5.41) is 0. The van der Waals surface area contributed by atoms with Gasteiger partial charge in [-0.3, -0.25) is 4.90 Å². The van der Waals surface area contributed by atoms with Gasteiger partial charge in [-0.15, -0.1) is 0 Å². The summed E-state index contributed by atoms with van der Waals surface area (Å²) in [6, 6.07) is 8.79. The molecule has 0 spiro atoms. The monoisotopic (exact) mass is 247 g/mol. The molecule has 0 aromatic heterocycles. The van der Waals surface area contributed by atoms with Crippen molar-refractivity contribution in [3.8, 4) is 0 Å². The molecule has 1 aliphatic heterocycles. The Morgan fingerprint density at radius 2 is 1.83 bits per heavy atom. The quantitative estimate of drug-likeness (QED) is 0.865. The summed E-state index contributed by atoms with van der Waals surface area (Å²) in [7, 11) is 2.19. The predicted octanol–water partition coefficient (Wildman–Crippen LogP) is 1.11. The zero-order chi connectivity index (χ0) is 13.0. The zero-order valence-electron chi connectivity index (χ0n) is 11.6. The topological polar surface area (TPSA) is 32.5 Å². The highest BCUT2D eigenvalue weighted by Gasteiger charge is 2.16. The Morgan fingerprint density at radius 1 is 1.17 bits per heavy atom. The number of piperazine rings is 1. The van der Waals surface area contributed by atoms with Crippen molar-refractivity contribution in [2.75, 3.05) is 39.8 Å². The van der Waals surface area contributed by atoms with Gasteiger partial charge in [-0.25, -0.2) is 0 Å². The lowest BCUT2D eigenvalue weighted by molar-refractivity contribution is 0.147. The lowest BCUT2D eigenvalue weighted by Gasteiger charge is -2.33. The van der Waals surface area contributed by atoms with Gasteiger partial charge in [0.2, 0.25) is 0 Å².